The Labute approximate surface area is 108 Å². The first-order valence-electron chi connectivity index (χ1n) is 6.40. The minimum Gasteiger partial charge on any atom is -0.391 e. The van der Waals surface area contributed by atoms with Crippen molar-refractivity contribution in [3.63, 3.8) is 0 Å². The fourth-order valence-electron chi connectivity index (χ4n) is 2.01. The summed E-state index contributed by atoms with van der Waals surface area (Å²) in [6.07, 6.45) is 0.570. The van der Waals surface area contributed by atoms with Crippen LogP contribution in [0.25, 0.3) is 0 Å². The highest BCUT2D eigenvalue weighted by Gasteiger charge is 2.24. The van der Waals surface area contributed by atoms with E-state index in [9.17, 15) is 5.11 Å². The molecular formula is C13H22N4O. The third kappa shape index (κ3) is 2.72. The molecule has 1 aromatic heterocycles. The van der Waals surface area contributed by atoms with Crippen LogP contribution in [-0.4, -0.2) is 41.3 Å². The molecule has 1 saturated heterocycles. The fraction of sp³-hybridized carbons (Fsp3) is 0.692. The molecule has 1 aliphatic rings. The SMILES string of the molecule is CNc1cc(N2CCC(O)C2)nc(C(C)(C)C)n1. The molecule has 0 amide bonds. The van der Waals surface area contributed by atoms with Gasteiger partial charge in [-0.25, -0.2) is 9.97 Å². The van der Waals surface area contributed by atoms with Crippen molar-refractivity contribution in [2.45, 2.75) is 38.7 Å². The summed E-state index contributed by atoms with van der Waals surface area (Å²) in [5, 5.41) is 12.7. The van der Waals surface area contributed by atoms with E-state index in [1.165, 1.54) is 0 Å². The lowest BCUT2D eigenvalue weighted by Crippen LogP contribution is -2.25. The molecule has 0 radical (unpaired) electrons. The lowest BCUT2D eigenvalue weighted by Gasteiger charge is -2.22. The topological polar surface area (TPSA) is 61.3 Å². The number of nitrogens with one attached hydrogen (secondary N) is 1. The van der Waals surface area contributed by atoms with Crippen LogP contribution in [0.2, 0.25) is 0 Å². The Bertz CT molecular complexity index is 427. The van der Waals surface area contributed by atoms with Crippen LogP contribution in [0.3, 0.4) is 0 Å². The second-order valence-corrected chi connectivity index (χ2v) is 5.82. The van der Waals surface area contributed by atoms with Crippen LogP contribution in [0.15, 0.2) is 6.07 Å². The average molecular weight is 250 g/mol. The fourth-order valence-corrected chi connectivity index (χ4v) is 2.01. The van der Waals surface area contributed by atoms with Crippen molar-refractivity contribution in [1.29, 1.82) is 0 Å². The molecule has 0 saturated carbocycles. The molecule has 2 rings (SSSR count). The van der Waals surface area contributed by atoms with E-state index in [4.69, 9.17) is 0 Å². The minimum atomic E-state index is -0.240. The number of aliphatic hydroxyl groups excluding tert-OH is 1. The molecule has 100 valence electrons. The summed E-state index contributed by atoms with van der Waals surface area (Å²) in [6.45, 7) is 7.81. The van der Waals surface area contributed by atoms with Crippen molar-refractivity contribution >= 4 is 11.6 Å². The molecule has 2 heterocycles. The molecule has 0 spiro atoms. The predicted octanol–water partition coefficient (Wildman–Crippen LogP) is 1.39. The summed E-state index contributed by atoms with van der Waals surface area (Å²) in [6, 6.07) is 1.94. The number of hydrogen-bond donors (Lipinski definition) is 2. The Hall–Kier alpha value is -1.36. The molecule has 0 aromatic carbocycles. The number of aromatic nitrogens is 2. The van der Waals surface area contributed by atoms with Gasteiger partial charge in [-0.05, 0) is 6.42 Å². The Morgan fingerprint density at radius 2 is 2.11 bits per heavy atom. The molecule has 1 aliphatic heterocycles. The summed E-state index contributed by atoms with van der Waals surface area (Å²) in [7, 11) is 1.86. The van der Waals surface area contributed by atoms with Crippen LogP contribution in [0.4, 0.5) is 11.6 Å². The van der Waals surface area contributed by atoms with Crippen LogP contribution >= 0.6 is 0 Å². The smallest absolute Gasteiger partial charge is 0.138 e. The van der Waals surface area contributed by atoms with E-state index in [2.05, 4.69) is 41.0 Å². The van der Waals surface area contributed by atoms with Crippen LogP contribution in [0.5, 0.6) is 0 Å². The van der Waals surface area contributed by atoms with Crippen molar-refractivity contribution in [2.75, 3.05) is 30.4 Å². The first-order chi connectivity index (χ1) is 8.40. The number of rotatable bonds is 2. The van der Waals surface area contributed by atoms with E-state index in [0.717, 1.165) is 30.4 Å². The maximum absolute atomic E-state index is 9.62. The summed E-state index contributed by atoms with van der Waals surface area (Å²) in [4.78, 5) is 11.2. The quantitative estimate of drug-likeness (QED) is 0.830. The van der Waals surface area contributed by atoms with Crippen LogP contribution in [0, 0.1) is 0 Å². The molecular weight excluding hydrogens is 228 g/mol. The maximum atomic E-state index is 9.62. The molecule has 1 fully saturated rings. The molecule has 18 heavy (non-hydrogen) atoms. The normalized spacial score (nSPS) is 20.3. The second kappa shape index (κ2) is 4.72. The minimum absolute atomic E-state index is 0.0834. The van der Waals surface area contributed by atoms with Crippen LogP contribution in [-0.2, 0) is 5.41 Å². The molecule has 5 heteroatoms. The molecule has 1 aromatic rings. The standard InChI is InChI=1S/C13H22N4O/c1-13(2,3)12-15-10(14-4)7-11(16-12)17-6-5-9(18)8-17/h7,9,18H,5-6,8H2,1-4H3,(H,14,15,16). The number of β-amino-alcohol motifs (C(OH)–C–C–N with tert-alkyl or cyclic N) is 1. The molecule has 1 atom stereocenters. The number of hydrogen-bond acceptors (Lipinski definition) is 5. The number of aliphatic hydroxyl groups is 1. The van der Waals surface area contributed by atoms with Gasteiger partial charge in [0.05, 0.1) is 6.10 Å². The first kappa shape index (κ1) is 13.1. The van der Waals surface area contributed by atoms with E-state index >= 15 is 0 Å². The molecule has 5 nitrogen and oxygen atoms in total. The molecule has 2 N–H and O–H groups in total. The summed E-state index contributed by atoms with van der Waals surface area (Å²) < 4.78 is 0. The highest BCUT2D eigenvalue weighted by molar-refractivity contribution is 5.50. The van der Waals surface area contributed by atoms with Gasteiger partial charge in [-0.1, -0.05) is 20.8 Å². The number of anilines is 2. The van der Waals surface area contributed by atoms with Crippen LogP contribution in [0.1, 0.15) is 33.0 Å². The monoisotopic (exact) mass is 250 g/mol. The summed E-state index contributed by atoms with van der Waals surface area (Å²) >= 11 is 0. The van der Waals surface area contributed by atoms with Crippen molar-refractivity contribution < 1.29 is 5.11 Å². The Balaban J connectivity index is 2.35. The van der Waals surface area contributed by atoms with E-state index in [0.29, 0.717) is 6.54 Å². The van der Waals surface area contributed by atoms with Crippen molar-refractivity contribution in [2.24, 2.45) is 0 Å². The zero-order chi connectivity index (χ0) is 13.3. The van der Waals surface area contributed by atoms with Gasteiger partial charge in [0.2, 0.25) is 0 Å². The van der Waals surface area contributed by atoms with Gasteiger partial charge in [0.25, 0.3) is 0 Å². The van der Waals surface area contributed by atoms with E-state index in [-0.39, 0.29) is 11.5 Å². The van der Waals surface area contributed by atoms with Crippen LogP contribution < -0.4 is 10.2 Å². The van der Waals surface area contributed by atoms with Gasteiger partial charge in [0, 0.05) is 31.6 Å². The Morgan fingerprint density at radius 1 is 1.39 bits per heavy atom. The zero-order valence-electron chi connectivity index (χ0n) is 11.6. The lowest BCUT2D eigenvalue weighted by molar-refractivity contribution is 0.198. The molecule has 0 bridgehead atoms. The van der Waals surface area contributed by atoms with Gasteiger partial charge in [-0.2, -0.15) is 0 Å². The highest BCUT2D eigenvalue weighted by Crippen LogP contribution is 2.25. The highest BCUT2D eigenvalue weighted by atomic mass is 16.3. The van der Waals surface area contributed by atoms with Crippen molar-refractivity contribution in [1.82, 2.24) is 9.97 Å². The molecule has 0 aliphatic carbocycles. The molecule has 1 unspecified atom stereocenters. The predicted molar refractivity (Wildman–Crippen MR) is 73.1 cm³/mol. The van der Waals surface area contributed by atoms with E-state index in [1.54, 1.807) is 0 Å². The van der Waals surface area contributed by atoms with E-state index in [1.807, 2.05) is 13.1 Å². The maximum Gasteiger partial charge on any atom is 0.138 e. The average Bonchev–Trinajstić information content (AvgIpc) is 2.74. The third-order valence-electron chi connectivity index (χ3n) is 3.13. The van der Waals surface area contributed by atoms with Crippen molar-refractivity contribution in [3.8, 4) is 0 Å². The summed E-state index contributed by atoms with van der Waals surface area (Å²) in [5.74, 6) is 2.55. The van der Waals surface area contributed by atoms with Gasteiger partial charge >= 0.3 is 0 Å². The van der Waals surface area contributed by atoms with E-state index < -0.39 is 0 Å². The van der Waals surface area contributed by atoms with Gasteiger partial charge in [0.1, 0.15) is 17.5 Å². The third-order valence-corrected chi connectivity index (χ3v) is 3.13. The van der Waals surface area contributed by atoms with Crippen molar-refractivity contribution in [3.05, 3.63) is 11.9 Å². The van der Waals surface area contributed by atoms with Gasteiger partial charge < -0.3 is 15.3 Å². The van der Waals surface area contributed by atoms with Gasteiger partial charge in [0.15, 0.2) is 0 Å². The summed E-state index contributed by atoms with van der Waals surface area (Å²) in [5.41, 5.74) is -0.0834. The Kier molecular flexibility index (Phi) is 3.43. The number of nitrogens with zero attached hydrogens (tertiary/aromatic N) is 3. The van der Waals surface area contributed by atoms with Gasteiger partial charge in [-0.15, -0.1) is 0 Å². The largest absolute Gasteiger partial charge is 0.391 e. The second-order valence-electron chi connectivity index (χ2n) is 5.82. The first-order valence-corrected chi connectivity index (χ1v) is 6.40. The zero-order valence-corrected chi connectivity index (χ0v) is 11.6. The lowest BCUT2D eigenvalue weighted by atomic mass is 9.96. The van der Waals surface area contributed by atoms with Gasteiger partial charge in [-0.3, -0.25) is 0 Å². The Morgan fingerprint density at radius 3 is 2.61 bits per heavy atom.